The molecular formula is C29H36N4O2. The monoisotopic (exact) mass is 472 g/mol. The van der Waals surface area contributed by atoms with E-state index in [-0.39, 0.29) is 11.9 Å². The molecule has 35 heavy (non-hydrogen) atoms. The summed E-state index contributed by atoms with van der Waals surface area (Å²) >= 11 is 0. The maximum Gasteiger partial charge on any atom is 0.315 e. The summed E-state index contributed by atoms with van der Waals surface area (Å²) in [6.45, 7) is 3.60. The molecule has 0 saturated heterocycles. The van der Waals surface area contributed by atoms with Crippen LogP contribution in [0.15, 0.2) is 84.9 Å². The minimum absolute atomic E-state index is 0.161. The number of benzene rings is 3. The number of rotatable bonds is 12. The molecule has 3 aromatic rings. The molecule has 0 aliphatic heterocycles. The molecule has 0 aliphatic rings. The van der Waals surface area contributed by atoms with E-state index in [2.05, 4.69) is 22.9 Å². The van der Waals surface area contributed by atoms with E-state index in [1.54, 1.807) is 0 Å². The molecule has 3 aromatic carbocycles. The van der Waals surface area contributed by atoms with Crippen LogP contribution in [0.5, 0.6) is 0 Å². The molecule has 3 amide bonds. The van der Waals surface area contributed by atoms with E-state index < -0.39 is 5.54 Å². The van der Waals surface area contributed by atoms with Gasteiger partial charge in [-0.1, -0.05) is 98.3 Å². The van der Waals surface area contributed by atoms with Crippen molar-refractivity contribution in [2.45, 2.75) is 51.2 Å². The molecule has 0 spiro atoms. The Hall–Kier alpha value is -3.64. The molecule has 6 nitrogen and oxygen atoms in total. The SMILES string of the molecule is CCCCNC(=O)NCc1ccc(CNC(=O)C(N)(Cc2ccccc2)Cc2ccccc2)cc1. The third-order valence-corrected chi connectivity index (χ3v) is 5.92. The summed E-state index contributed by atoms with van der Waals surface area (Å²) in [6, 6.07) is 27.4. The Labute approximate surface area is 208 Å². The van der Waals surface area contributed by atoms with Crippen molar-refractivity contribution in [3.8, 4) is 0 Å². The Balaban J connectivity index is 1.58. The molecule has 5 N–H and O–H groups in total. The Kier molecular flexibility index (Phi) is 9.87. The fraction of sp³-hybridized carbons (Fsp3) is 0.310. The average Bonchev–Trinajstić information content (AvgIpc) is 2.88. The van der Waals surface area contributed by atoms with Crippen molar-refractivity contribution in [3.05, 3.63) is 107 Å². The molecule has 0 radical (unpaired) electrons. The number of amides is 3. The van der Waals surface area contributed by atoms with E-state index in [0.29, 0.717) is 32.5 Å². The average molecular weight is 473 g/mol. The Bertz CT molecular complexity index is 1010. The third kappa shape index (κ3) is 8.58. The van der Waals surface area contributed by atoms with E-state index in [0.717, 1.165) is 35.1 Å². The second-order valence-electron chi connectivity index (χ2n) is 8.94. The van der Waals surface area contributed by atoms with Crippen LogP contribution >= 0.6 is 0 Å². The Morgan fingerprint density at radius 2 is 1.17 bits per heavy atom. The number of urea groups is 1. The Morgan fingerprint density at radius 1 is 0.686 bits per heavy atom. The molecule has 0 unspecified atom stereocenters. The smallest absolute Gasteiger partial charge is 0.315 e. The lowest BCUT2D eigenvalue weighted by molar-refractivity contribution is -0.126. The van der Waals surface area contributed by atoms with Gasteiger partial charge in [0.25, 0.3) is 0 Å². The minimum Gasteiger partial charge on any atom is -0.350 e. The van der Waals surface area contributed by atoms with E-state index in [4.69, 9.17) is 5.73 Å². The molecule has 0 aliphatic carbocycles. The maximum atomic E-state index is 13.3. The van der Waals surface area contributed by atoms with Crippen LogP contribution in [0, 0.1) is 0 Å². The number of carbonyl (C=O) groups is 2. The van der Waals surface area contributed by atoms with Crippen molar-refractivity contribution in [1.29, 1.82) is 0 Å². The van der Waals surface area contributed by atoms with Crippen LogP contribution in [0.25, 0.3) is 0 Å². The summed E-state index contributed by atoms with van der Waals surface area (Å²) in [5.41, 5.74) is 9.69. The number of hydrogen-bond acceptors (Lipinski definition) is 3. The lowest BCUT2D eigenvalue weighted by atomic mass is 9.84. The Morgan fingerprint density at radius 3 is 1.66 bits per heavy atom. The third-order valence-electron chi connectivity index (χ3n) is 5.92. The predicted octanol–water partition coefficient (Wildman–Crippen LogP) is 4.09. The molecule has 0 aromatic heterocycles. The van der Waals surface area contributed by atoms with Gasteiger partial charge in [0, 0.05) is 19.6 Å². The van der Waals surface area contributed by atoms with Gasteiger partial charge in [-0.25, -0.2) is 4.79 Å². The summed E-state index contributed by atoms with van der Waals surface area (Å²) in [4.78, 5) is 25.1. The van der Waals surface area contributed by atoms with Crippen LogP contribution in [0.1, 0.15) is 42.0 Å². The van der Waals surface area contributed by atoms with Gasteiger partial charge in [-0.05, 0) is 41.5 Å². The van der Waals surface area contributed by atoms with Gasteiger partial charge in [0.15, 0.2) is 0 Å². The van der Waals surface area contributed by atoms with E-state index in [1.165, 1.54) is 0 Å². The fourth-order valence-electron chi connectivity index (χ4n) is 3.90. The van der Waals surface area contributed by atoms with Crippen molar-refractivity contribution in [1.82, 2.24) is 16.0 Å². The van der Waals surface area contributed by atoms with Gasteiger partial charge in [-0.2, -0.15) is 0 Å². The van der Waals surface area contributed by atoms with Gasteiger partial charge in [-0.3, -0.25) is 4.79 Å². The van der Waals surface area contributed by atoms with Crippen LogP contribution in [-0.2, 0) is 30.7 Å². The zero-order valence-corrected chi connectivity index (χ0v) is 20.4. The number of nitrogens with one attached hydrogen (secondary N) is 3. The van der Waals surface area contributed by atoms with Crippen molar-refractivity contribution in [3.63, 3.8) is 0 Å². The van der Waals surface area contributed by atoms with Crippen LogP contribution in [-0.4, -0.2) is 24.0 Å². The number of carbonyl (C=O) groups excluding carboxylic acids is 2. The molecule has 0 fully saturated rings. The molecular weight excluding hydrogens is 436 g/mol. The zero-order chi connectivity index (χ0) is 24.9. The first-order chi connectivity index (χ1) is 17.0. The van der Waals surface area contributed by atoms with Gasteiger partial charge in [-0.15, -0.1) is 0 Å². The second-order valence-corrected chi connectivity index (χ2v) is 8.94. The normalized spacial score (nSPS) is 11.0. The first-order valence-electron chi connectivity index (χ1n) is 12.2. The molecule has 0 bridgehead atoms. The van der Waals surface area contributed by atoms with E-state index in [1.807, 2.05) is 84.9 Å². The standard InChI is InChI=1S/C29H36N4O2/c1-2-3-18-31-28(35)33-22-26-16-14-25(15-17-26)21-32-27(34)29(30,19-23-10-6-4-7-11-23)20-24-12-8-5-9-13-24/h4-17H,2-3,18-22,30H2,1H3,(H,32,34)(H2,31,33,35). The first kappa shape index (κ1) is 26.0. The van der Waals surface area contributed by atoms with E-state index in [9.17, 15) is 9.59 Å². The fourth-order valence-corrected chi connectivity index (χ4v) is 3.90. The largest absolute Gasteiger partial charge is 0.350 e. The number of unbranched alkanes of at least 4 members (excludes halogenated alkanes) is 1. The maximum absolute atomic E-state index is 13.3. The quantitative estimate of drug-likeness (QED) is 0.299. The zero-order valence-electron chi connectivity index (χ0n) is 20.4. The van der Waals surface area contributed by atoms with Gasteiger partial charge in [0.1, 0.15) is 5.54 Å². The molecule has 6 heteroatoms. The molecule has 0 saturated carbocycles. The number of nitrogens with two attached hydrogens (primary N) is 1. The molecule has 0 heterocycles. The van der Waals surface area contributed by atoms with Crippen molar-refractivity contribution >= 4 is 11.9 Å². The lowest BCUT2D eigenvalue weighted by Gasteiger charge is -2.29. The topological polar surface area (TPSA) is 96.2 Å². The van der Waals surface area contributed by atoms with Gasteiger partial charge in [0.2, 0.25) is 5.91 Å². The van der Waals surface area contributed by atoms with Crippen LogP contribution < -0.4 is 21.7 Å². The van der Waals surface area contributed by atoms with Gasteiger partial charge >= 0.3 is 6.03 Å². The minimum atomic E-state index is -1.07. The summed E-state index contributed by atoms with van der Waals surface area (Å²) < 4.78 is 0. The van der Waals surface area contributed by atoms with Crippen molar-refractivity contribution in [2.24, 2.45) is 5.73 Å². The molecule has 0 atom stereocenters. The summed E-state index contributed by atoms with van der Waals surface area (Å²) in [5, 5.41) is 8.73. The highest BCUT2D eigenvalue weighted by molar-refractivity contribution is 5.86. The molecule has 184 valence electrons. The lowest BCUT2D eigenvalue weighted by Crippen LogP contribution is -2.57. The second kappa shape index (κ2) is 13.3. The van der Waals surface area contributed by atoms with Gasteiger partial charge in [0.05, 0.1) is 0 Å². The number of hydrogen-bond donors (Lipinski definition) is 4. The van der Waals surface area contributed by atoms with Crippen molar-refractivity contribution < 1.29 is 9.59 Å². The summed E-state index contributed by atoms with van der Waals surface area (Å²) in [5.74, 6) is -0.181. The van der Waals surface area contributed by atoms with Crippen LogP contribution in [0.2, 0.25) is 0 Å². The van der Waals surface area contributed by atoms with Crippen molar-refractivity contribution in [2.75, 3.05) is 6.54 Å². The van der Waals surface area contributed by atoms with E-state index >= 15 is 0 Å². The van der Waals surface area contributed by atoms with Crippen LogP contribution in [0.3, 0.4) is 0 Å². The summed E-state index contributed by atoms with van der Waals surface area (Å²) in [6.07, 6.45) is 2.90. The highest BCUT2D eigenvalue weighted by Gasteiger charge is 2.34. The molecule has 3 rings (SSSR count). The first-order valence-corrected chi connectivity index (χ1v) is 12.2. The van der Waals surface area contributed by atoms with Gasteiger partial charge < -0.3 is 21.7 Å². The highest BCUT2D eigenvalue weighted by Crippen LogP contribution is 2.18. The highest BCUT2D eigenvalue weighted by atomic mass is 16.2. The predicted molar refractivity (Wildman–Crippen MR) is 141 cm³/mol. The van der Waals surface area contributed by atoms with Crippen LogP contribution in [0.4, 0.5) is 4.79 Å². The summed E-state index contributed by atoms with van der Waals surface area (Å²) in [7, 11) is 0.